The SMILES string of the molecule is CC(C)COC(=O)O[C@H]1CC[C@@H](C(=O)O[Si](C)(C)C(C)(C)C)N(C(=O)OCC(C)C)C1. The van der Waals surface area contributed by atoms with Gasteiger partial charge in [0.05, 0.1) is 19.8 Å². The maximum atomic E-state index is 13.1. The number of rotatable bonds is 7. The highest BCUT2D eigenvalue weighted by atomic mass is 28.4. The van der Waals surface area contributed by atoms with Gasteiger partial charge in [-0.05, 0) is 42.8 Å². The van der Waals surface area contributed by atoms with Crippen molar-refractivity contribution in [2.75, 3.05) is 19.8 Å². The topological polar surface area (TPSA) is 91.4 Å². The van der Waals surface area contributed by atoms with E-state index in [1.165, 1.54) is 4.90 Å². The van der Waals surface area contributed by atoms with Crippen molar-refractivity contribution in [3.05, 3.63) is 0 Å². The summed E-state index contributed by atoms with van der Waals surface area (Å²) < 4.78 is 21.8. The van der Waals surface area contributed by atoms with Gasteiger partial charge in [-0.1, -0.05) is 48.5 Å². The van der Waals surface area contributed by atoms with E-state index in [2.05, 4.69) is 20.8 Å². The van der Waals surface area contributed by atoms with Crippen LogP contribution in [0.15, 0.2) is 0 Å². The van der Waals surface area contributed by atoms with Crippen LogP contribution in [0.25, 0.3) is 0 Å². The number of amides is 1. The Labute approximate surface area is 188 Å². The first-order chi connectivity index (χ1) is 14.1. The summed E-state index contributed by atoms with van der Waals surface area (Å²) in [5, 5.41) is -0.147. The maximum absolute atomic E-state index is 13.1. The molecule has 31 heavy (non-hydrogen) atoms. The molecule has 1 fully saturated rings. The Morgan fingerprint density at radius 1 is 0.968 bits per heavy atom. The number of carbonyl (C=O) groups is 3. The highest BCUT2D eigenvalue weighted by molar-refractivity contribution is 6.75. The van der Waals surface area contributed by atoms with E-state index in [0.29, 0.717) is 12.8 Å². The molecule has 0 N–H and O–H groups in total. The zero-order valence-electron chi connectivity index (χ0n) is 20.6. The van der Waals surface area contributed by atoms with Gasteiger partial charge in [0.1, 0.15) is 12.1 Å². The van der Waals surface area contributed by atoms with Gasteiger partial charge in [-0.25, -0.2) is 9.59 Å². The van der Waals surface area contributed by atoms with Gasteiger partial charge in [0, 0.05) is 0 Å². The second-order valence-electron chi connectivity index (χ2n) is 10.6. The van der Waals surface area contributed by atoms with Crippen LogP contribution in [0.2, 0.25) is 18.1 Å². The first-order valence-corrected chi connectivity index (χ1v) is 14.0. The Bertz CT molecular complexity index is 628. The minimum atomic E-state index is -2.35. The molecule has 0 spiro atoms. The summed E-state index contributed by atoms with van der Waals surface area (Å²) in [5.41, 5.74) is 0. The van der Waals surface area contributed by atoms with E-state index >= 15 is 0 Å². The molecule has 0 aromatic carbocycles. The lowest BCUT2D eigenvalue weighted by Crippen LogP contribution is -2.56. The van der Waals surface area contributed by atoms with E-state index in [1.807, 2.05) is 40.8 Å². The molecule has 0 aromatic heterocycles. The lowest BCUT2D eigenvalue weighted by Gasteiger charge is -2.41. The molecule has 1 aliphatic rings. The Hall–Kier alpha value is -1.77. The lowest BCUT2D eigenvalue weighted by atomic mass is 10.0. The molecule has 1 aliphatic heterocycles. The number of likely N-dealkylation sites (tertiary alicyclic amines) is 1. The summed E-state index contributed by atoms with van der Waals surface area (Å²) in [5.74, 6) is -0.0748. The molecule has 8 nitrogen and oxygen atoms in total. The second-order valence-corrected chi connectivity index (χ2v) is 15.3. The Morgan fingerprint density at radius 3 is 2.03 bits per heavy atom. The van der Waals surface area contributed by atoms with E-state index in [9.17, 15) is 14.4 Å². The summed E-state index contributed by atoms with van der Waals surface area (Å²) in [7, 11) is -2.35. The molecule has 2 atom stereocenters. The minimum Gasteiger partial charge on any atom is -0.518 e. The highest BCUT2D eigenvalue weighted by Crippen LogP contribution is 2.37. The molecule has 0 radical (unpaired) electrons. The smallest absolute Gasteiger partial charge is 0.508 e. The van der Waals surface area contributed by atoms with E-state index in [4.69, 9.17) is 18.6 Å². The summed E-state index contributed by atoms with van der Waals surface area (Å²) in [4.78, 5) is 39.1. The monoisotopic (exact) mass is 459 g/mol. The van der Waals surface area contributed by atoms with Crippen molar-refractivity contribution in [3.63, 3.8) is 0 Å². The Kier molecular flexibility index (Phi) is 9.85. The minimum absolute atomic E-state index is 0.0605. The van der Waals surface area contributed by atoms with Crippen molar-refractivity contribution in [2.24, 2.45) is 11.8 Å². The number of carbonyl (C=O) groups excluding carboxylic acids is 3. The van der Waals surface area contributed by atoms with Crippen LogP contribution in [0.5, 0.6) is 0 Å². The van der Waals surface area contributed by atoms with Crippen LogP contribution in [0, 0.1) is 11.8 Å². The molecule has 0 aromatic rings. The second kappa shape index (κ2) is 11.2. The number of nitrogens with zero attached hydrogens (tertiary/aromatic N) is 1. The molecule has 1 heterocycles. The third kappa shape index (κ3) is 8.71. The van der Waals surface area contributed by atoms with E-state index in [-0.39, 0.29) is 36.6 Å². The van der Waals surface area contributed by atoms with Crippen molar-refractivity contribution in [2.45, 2.75) is 91.6 Å². The van der Waals surface area contributed by atoms with Gasteiger partial charge in [-0.2, -0.15) is 0 Å². The fraction of sp³-hybridized carbons (Fsp3) is 0.864. The van der Waals surface area contributed by atoms with E-state index in [0.717, 1.165) is 0 Å². The van der Waals surface area contributed by atoms with Crippen LogP contribution in [-0.4, -0.2) is 63.3 Å². The van der Waals surface area contributed by atoms with Crippen LogP contribution < -0.4 is 0 Å². The quantitative estimate of drug-likeness (QED) is 0.392. The molecule has 1 amide bonds. The molecule has 0 aliphatic carbocycles. The van der Waals surface area contributed by atoms with Crippen molar-refractivity contribution >= 4 is 26.5 Å². The zero-order chi connectivity index (χ0) is 24.0. The summed E-state index contributed by atoms with van der Waals surface area (Å²) in [6, 6.07) is -0.764. The molecule has 1 rings (SSSR count). The van der Waals surface area contributed by atoms with Crippen LogP contribution in [-0.2, 0) is 23.4 Å². The van der Waals surface area contributed by atoms with Gasteiger partial charge in [-0.3, -0.25) is 9.69 Å². The number of hydrogen-bond acceptors (Lipinski definition) is 7. The van der Waals surface area contributed by atoms with E-state index in [1.54, 1.807) is 0 Å². The molecule has 1 saturated heterocycles. The highest BCUT2D eigenvalue weighted by Gasteiger charge is 2.45. The van der Waals surface area contributed by atoms with Gasteiger partial charge >= 0.3 is 18.2 Å². The molecule has 0 saturated carbocycles. The number of ether oxygens (including phenoxy) is 3. The average molecular weight is 460 g/mol. The largest absolute Gasteiger partial charge is 0.518 e. The standard InChI is InChI=1S/C22H41NO7Si/c1-15(2)13-27-20(25)23-12-17(29-21(26)28-14-16(3)4)10-11-18(23)19(24)30-31(8,9)22(5,6)7/h15-18H,10-14H2,1-9H3/t17-,18-/m0/s1. The fourth-order valence-electron chi connectivity index (χ4n) is 2.68. The summed E-state index contributed by atoms with van der Waals surface area (Å²) >= 11 is 0. The third-order valence-electron chi connectivity index (χ3n) is 5.54. The van der Waals surface area contributed by atoms with Crippen molar-refractivity contribution < 1.29 is 33.0 Å². The van der Waals surface area contributed by atoms with Crippen LogP contribution in [0.4, 0.5) is 9.59 Å². The molecule has 9 heteroatoms. The van der Waals surface area contributed by atoms with Crippen LogP contribution in [0.3, 0.4) is 0 Å². The number of piperidine rings is 1. The molecule has 0 unspecified atom stereocenters. The zero-order valence-corrected chi connectivity index (χ0v) is 21.6. The molecule has 0 bridgehead atoms. The lowest BCUT2D eigenvalue weighted by molar-refractivity contribution is -0.143. The van der Waals surface area contributed by atoms with Gasteiger partial charge in [0.15, 0.2) is 0 Å². The van der Waals surface area contributed by atoms with E-state index < -0.39 is 38.7 Å². The van der Waals surface area contributed by atoms with Gasteiger partial charge in [0.25, 0.3) is 8.32 Å². The summed E-state index contributed by atoms with van der Waals surface area (Å²) in [6.45, 7) is 18.4. The molecular weight excluding hydrogens is 418 g/mol. The number of hydrogen-bond donors (Lipinski definition) is 0. The first-order valence-electron chi connectivity index (χ1n) is 11.1. The van der Waals surface area contributed by atoms with Crippen LogP contribution in [0.1, 0.15) is 61.3 Å². The molecular formula is C22H41NO7Si. The summed E-state index contributed by atoms with van der Waals surface area (Å²) in [6.07, 6.45) is -1.18. The average Bonchev–Trinajstić information content (AvgIpc) is 2.63. The van der Waals surface area contributed by atoms with Crippen molar-refractivity contribution in [1.82, 2.24) is 4.90 Å². The van der Waals surface area contributed by atoms with Gasteiger partial charge < -0.3 is 18.6 Å². The fourth-order valence-corrected chi connectivity index (χ4v) is 3.62. The van der Waals surface area contributed by atoms with Crippen LogP contribution >= 0.6 is 0 Å². The molecule has 180 valence electrons. The predicted octanol–water partition coefficient (Wildman–Crippen LogP) is 4.97. The normalized spacial score (nSPS) is 19.9. The Morgan fingerprint density at radius 2 is 1.52 bits per heavy atom. The first kappa shape index (κ1) is 27.3. The third-order valence-corrected chi connectivity index (χ3v) is 9.87. The van der Waals surface area contributed by atoms with Gasteiger partial charge in [0.2, 0.25) is 0 Å². The van der Waals surface area contributed by atoms with Crippen molar-refractivity contribution in [3.8, 4) is 0 Å². The maximum Gasteiger partial charge on any atom is 0.508 e. The van der Waals surface area contributed by atoms with Gasteiger partial charge in [-0.15, -0.1) is 0 Å². The van der Waals surface area contributed by atoms with Crippen molar-refractivity contribution in [1.29, 1.82) is 0 Å². The predicted molar refractivity (Wildman–Crippen MR) is 120 cm³/mol. The Balaban J connectivity index is 2.91.